The topological polar surface area (TPSA) is 44.1 Å². The fourth-order valence-corrected chi connectivity index (χ4v) is 2.72. The molecule has 0 aliphatic carbocycles. The molecule has 0 saturated heterocycles. The van der Waals surface area contributed by atoms with E-state index in [4.69, 9.17) is 9.72 Å². The van der Waals surface area contributed by atoms with Crippen LogP contribution in [-0.2, 0) is 11.2 Å². The summed E-state index contributed by atoms with van der Waals surface area (Å²) in [4.78, 5) is 17.7. The van der Waals surface area contributed by atoms with Crippen LogP contribution in [0.15, 0.2) is 53.3 Å². The summed E-state index contributed by atoms with van der Waals surface area (Å²) in [7, 11) is 0. The summed E-state index contributed by atoms with van der Waals surface area (Å²) >= 11 is 0. The van der Waals surface area contributed by atoms with Gasteiger partial charge in [-0.3, -0.25) is 9.36 Å². The van der Waals surface area contributed by atoms with Gasteiger partial charge in [0.15, 0.2) is 0 Å². The minimum absolute atomic E-state index is 0.0311. The van der Waals surface area contributed by atoms with Gasteiger partial charge in [-0.2, -0.15) is 0 Å². The van der Waals surface area contributed by atoms with E-state index in [0.29, 0.717) is 25.0 Å². The molecule has 0 aliphatic rings. The minimum atomic E-state index is -0.0311. The standard InChI is InChI=1S/C19H20N2O2/c1-3-23-13-12-18-20-16-10-6-5-9-15(16)19(22)21(18)17-11-7-4-8-14(17)2/h4-11H,3,12-13H2,1-2H3. The van der Waals surface area contributed by atoms with Gasteiger partial charge in [-0.05, 0) is 37.6 Å². The Bertz CT molecular complexity index is 884. The van der Waals surface area contributed by atoms with Crippen LogP contribution in [0.3, 0.4) is 0 Å². The molecular formula is C19H20N2O2. The van der Waals surface area contributed by atoms with E-state index in [-0.39, 0.29) is 5.56 Å². The van der Waals surface area contributed by atoms with Crippen LogP contribution in [0.2, 0.25) is 0 Å². The quantitative estimate of drug-likeness (QED) is 0.679. The van der Waals surface area contributed by atoms with Gasteiger partial charge in [-0.1, -0.05) is 30.3 Å². The second-order valence-electron chi connectivity index (χ2n) is 5.42. The molecule has 118 valence electrons. The summed E-state index contributed by atoms with van der Waals surface area (Å²) in [6.07, 6.45) is 0.599. The summed E-state index contributed by atoms with van der Waals surface area (Å²) in [5.41, 5.74) is 2.62. The number of hydrogen-bond acceptors (Lipinski definition) is 3. The molecule has 0 bridgehead atoms. The molecule has 1 aromatic heterocycles. The van der Waals surface area contributed by atoms with Crippen molar-refractivity contribution in [3.05, 3.63) is 70.3 Å². The average Bonchev–Trinajstić information content (AvgIpc) is 2.57. The highest BCUT2D eigenvalue weighted by Gasteiger charge is 2.13. The van der Waals surface area contributed by atoms with Gasteiger partial charge in [0.2, 0.25) is 0 Å². The lowest BCUT2D eigenvalue weighted by Crippen LogP contribution is -2.25. The molecule has 0 N–H and O–H groups in total. The van der Waals surface area contributed by atoms with E-state index >= 15 is 0 Å². The molecule has 0 spiro atoms. The number of hydrogen-bond donors (Lipinski definition) is 0. The molecule has 4 nitrogen and oxygen atoms in total. The maximum absolute atomic E-state index is 13.0. The lowest BCUT2D eigenvalue weighted by molar-refractivity contribution is 0.149. The molecule has 0 radical (unpaired) electrons. The van der Waals surface area contributed by atoms with Gasteiger partial charge in [0.1, 0.15) is 5.82 Å². The zero-order chi connectivity index (χ0) is 16.2. The lowest BCUT2D eigenvalue weighted by atomic mass is 10.1. The van der Waals surface area contributed by atoms with Crippen LogP contribution in [0.1, 0.15) is 18.3 Å². The number of para-hydroxylation sites is 2. The van der Waals surface area contributed by atoms with Crippen LogP contribution in [0, 0.1) is 6.92 Å². The van der Waals surface area contributed by atoms with Crippen LogP contribution in [0.5, 0.6) is 0 Å². The Morgan fingerprint density at radius 1 is 1.09 bits per heavy atom. The van der Waals surface area contributed by atoms with E-state index < -0.39 is 0 Å². The Labute approximate surface area is 135 Å². The number of benzene rings is 2. The van der Waals surface area contributed by atoms with Gasteiger partial charge in [-0.25, -0.2) is 4.98 Å². The number of nitrogens with zero attached hydrogens (tertiary/aromatic N) is 2. The SMILES string of the molecule is CCOCCc1nc2ccccc2c(=O)n1-c1ccccc1C. The van der Waals surface area contributed by atoms with Crippen molar-refractivity contribution in [2.45, 2.75) is 20.3 Å². The molecule has 3 aromatic rings. The zero-order valence-electron chi connectivity index (χ0n) is 13.5. The van der Waals surface area contributed by atoms with Crippen molar-refractivity contribution in [3.8, 4) is 5.69 Å². The Balaban J connectivity index is 2.24. The molecule has 0 amide bonds. The second kappa shape index (κ2) is 6.75. The van der Waals surface area contributed by atoms with Crippen molar-refractivity contribution in [2.75, 3.05) is 13.2 Å². The van der Waals surface area contributed by atoms with E-state index in [1.54, 1.807) is 4.57 Å². The van der Waals surface area contributed by atoms with Gasteiger partial charge < -0.3 is 4.74 Å². The lowest BCUT2D eigenvalue weighted by Gasteiger charge is -2.15. The van der Waals surface area contributed by atoms with Gasteiger partial charge in [0.05, 0.1) is 23.2 Å². The van der Waals surface area contributed by atoms with Crippen LogP contribution in [0.25, 0.3) is 16.6 Å². The number of rotatable bonds is 5. The molecule has 2 aromatic carbocycles. The largest absolute Gasteiger partial charge is 0.381 e. The van der Waals surface area contributed by atoms with E-state index in [2.05, 4.69) is 0 Å². The molecule has 0 saturated carbocycles. The van der Waals surface area contributed by atoms with Crippen LogP contribution in [-0.4, -0.2) is 22.8 Å². The first-order valence-corrected chi connectivity index (χ1v) is 7.86. The summed E-state index contributed by atoms with van der Waals surface area (Å²) in [5.74, 6) is 0.733. The van der Waals surface area contributed by atoms with Crippen LogP contribution >= 0.6 is 0 Å². The third-order valence-electron chi connectivity index (χ3n) is 3.88. The maximum Gasteiger partial charge on any atom is 0.265 e. The molecule has 4 heteroatoms. The Morgan fingerprint density at radius 2 is 1.83 bits per heavy atom. The smallest absolute Gasteiger partial charge is 0.265 e. The monoisotopic (exact) mass is 308 g/mol. The molecule has 1 heterocycles. The number of aryl methyl sites for hydroxylation is 1. The minimum Gasteiger partial charge on any atom is -0.381 e. The van der Waals surface area contributed by atoms with Crippen molar-refractivity contribution in [1.82, 2.24) is 9.55 Å². The maximum atomic E-state index is 13.0. The first kappa shape index (κ1) is 15.4. The molecule has 0 unspecified atom stereocenters. The summed E-state index contributed by atoms with van der Waals surface area (Å²) in [6.45, 7) is 5.17. The van der Waals surface area contributed by atoms with Crippen molar-refractivity contribution in [3.63, 3.8) is 0 Å². The number of ether oxygens (including phenoxy) is 1. The highest BCUT2D eigenvalue weighted by molar-refractivity contribution is 5.77. The highest BCUT2D eigenvalue weighted by Crippen LogP contribution is 2.16. The second-order valence-corrected chi connectivity index (χ2v) is 5.42. The third kappa shape index (κ3) is 3.03. The molecule has 3 rings (SSSR count). The van der Waals surface area contributed by atoms with Crippen LogP contribution < -0.4 is 5.56 Å². The van der Waals surface area contributed by atoms with E-state index in [1.165, 1.54) is 0 Å². The molecule has 0 atom stereocenters. The third-order valence-corrected chi connectivity index (χ3v) is 3.88. The van der Waals surface area contributed by atoms with Gasteiger partial charge in [-0.15, -0.1) is 0 Å². The highest BCUT2D eigenvalue weighted by atomic mass is 16.5. The molecule has 23 heavy (non-hydrogen) atoms. The fourth-order valence-electron chi connectivity index (χ4n) is 2.72. The van der Waals surface area contributed by atoms with Crippen molar-refractivity contribution in [2.24, 2.45) is 0 Å². The molecular weight excluding hydrogens is 288 g/mol. The van der Waals surface area contributed by atoms with Crippen LogP contribution in [0.4, 0.5) is 0 Å². The molecule has 0 fully saturated rings. The van der Waals surface area contributed by atoms with E-state index in [9.17, 15) is 4.79 Å². The predicted molar refractivity (Wildman–Crippen MR) is 92.3 cm³/mol. The first-order valence-electron chi connectivity index (χ1n) is 7.86. The van der Waals surface area contributed by atoms with Crippen molar-refractivity contribution < 1.29 is 4.74 Å². The zero-order valence-corrected chi connectivity index (χ0v) is 13.5. The van der Waals surface area contributed by atoms with E-state index in [0.717, 1.165) is 22.6 Å². The van der Waals surface area contributed by atoms with Crippen molar-refractivity contribution in [1.29, 1.82) is 0 Å². The number of fused-ring (bicyclic) bond motifs is 1. The Morgan fingerprint density at radius 3 is 2.61 bits per heavy atom. The van der Waals surface area contributed by atoms with E-state index in [1.807, 2.05) is 62.4 Å². The van der Waals surface area contributed by atoms with Gasteiger partial charge in [0, 0.05) is 13.0 Å². The molecule has 0 aliphatic heterocycles. The predicted octanol–water partition coefficient (Wildman–Crippen LogP) is 3.27. The fraction of sp³-hybridized carbons (Fsp3) is 0.263. The average molecular weight is 308 g/mol. The van der Waals surface area contributed by atoms with Crippen molar-refractivity contribution >= 4 is 10.9 Å². The first-order chi connectivity index (χ1) is 11.2. The Hall–Kier alpha value is -2.46. The summed E-state index contributed by atoms with van der Waals surface area (Å²) in [5, 5.41) is 0.635. The summed E-state index contributed by atoms with van der Waals surface area (Å²) in [6, 6.07) is 15.3. The normalized spacial score (nSPS) is 11.0. The van der Waals surface area contributed by atoms with Gasteiger partial charge in [0.25, 0.3) is 5.56 Å². The number of aromatic nitrogens is 2. The van der Waals surface area contributed by atoms with Gasteiger partial charge >= 0.3 is 0 Å². The Kier molecular flexibility index (Phi) is 4.53. The summed E-state index contributed by atoms with van der Waals surface area (Å²) < 4.78 is 7.17.